The molecule has 1 aromatic rings. The van der Waals surface area contributed by atoms with Crippen LogP contribution in [0.4, 0.5) is 0 Å². The van der Waals surface area contributed by atoms with E-state index in [1.54, 1.807) is 12.1 Å². The summed E-state index contributed by atoms with van der Waals surface area (Å²) in [5.41, 5.74) is 2.36. The Bertz CT molecular complexity index is 480. The number of hydrogen-bond acceptors (Lipinski definition) is 3. The molecule has 0 spiro atoms. The minimum atomic E-state index is -0.222. The van der Waals surface area contributed by atoms with Gasteiger partial charge in [-0.2, -0.15) is 0 Å². The number of aryl methyl sites for hydroxylation is 1. The van der Waals surface area contributed by atoms with Gasteiger partial charge in [-0.3, -0.25) is 14.6 Å². The number of nitrogens with zero attached hydrogens (tertiary/aromatic N) is 1. The average molecular weight is 230 g/mol. The number of Topliss-reactive ketones (excluding diaryl/α,β-unsaturated/α-hetero) is 1. The highest BCUT2D eigenvalue weighted by Crippen LogP contribution is 2.19. The van der Waals surface area contributed by atoms with Crippen molar-refractivity contribution >= 4 is 11.7 Å². The lowest BCUT2D eigenvalue weighted by atomic mass is 9.94. The van der Waals surface area contributed by atoms with Crippen molar-refractivity contribution in [3.05, 3.63) is 41.7 Å². The first kappa shape index (κ1) is 11.5. The number of hydrogen-bond donors (Lipinski definition) is 1. The minimum absolute atomic E-state index is 0.167. The Balaban J connectivity index is 2.13. The number of carbonyl (C=O) groups excluding carboxylic acids is 2. The van der Waals surface area contributed by atoms with Crippen LogP contribution in [-0.2, 0) is 17.8 Å². The van der Waals surface area contributed by atoms with E-state index in [1.807, 2.05) is 0 Å². The fraction of sp³-hybridized carbons (Fsp3) is 0.308. The highest BCUT2D eigenvalue weighted by molar-refractivity contribution is 5.97. The zero-order valence-corrected chi connectivity index (χ0v) is 9.53. The number of nitrogens with one attached hydrogen (secondary N) is 1. The zero-order valence-electron chi connectivity index (χ0n) is 9.53. The van der Waals surface area contributed by atoms with Crippen molar-refractivity contribution in [3.8, 4) is 0 Å². The van der Waals surface area contributed by atoms with Gasteiger partial charge in [-0.25, -0.2) is 0 Å². The van der Waals surface area contributed by atoms with Crippen LogP contribution in [0.3, 0.4) is 0 Å². The van der Waals surface area contributed by atoms with Gasteiger partial charge in [0.05, 0.1) is 17.9 Å². The highest BCUT2D eigenvalue weighted by atomic mass is 16.1. The molecule has 1 N–H and O–H groups in total. The maximum atomic E-state index is 11.6. The number of fused-ring (bicyclic) bond motifs is 1. The third-order valence-corrected chi connectivity index (χ3v) is 2.78. The molecule has 0 aromatic carbocycles. The molecule has 1 aliphatic rings. The molecular formula is C13H14N2O2. The quantitative estimate of drug-likeness (QED) is 0.798. The summed E-state index contributed by atoms with van der Waals surface area (Å²) in [6.07, 6.45) is 3.54. The minimum Gasteiger partial charge on any atom is -0.347 e. The van der Waals surface area contributed by atoms with Gasteiger partial charge in [-0.05, 0) is 31.1 Å². The van der Waals surface area contributed by atoms with Crippen molar-refractivity contribution in [1.29, 1.82) is 0 Å². The van der Waals surface area contributed by atoms with Crippen molar-refractivity contribution in [1.82, 2.24) is 10.3 Å². The first-order chi connectivity index (χ1) is 8.20. The number of rotatable bonds is 3. The van der Waals surface area contributed by atoms with Gasteiger partial charge in [0.25, 0.3) is 0 Å². The molecule has 1 amide bonds. The standard InChI is InChI=1S/C13H14N2O2/c1-2-13(17)14-8-9-6-7-10-11(15-9)4-3-5-12(10)16/h2,6-7H,1,3-5,8H2,(H,14,17). The van der Waals surface area contributed by atoms with Crippen LogP contribution in [-0.4, -0.2) is 16.7 Å². The maximum Gasteiger partial charge on any atom is 0.243 e. The molecule has 0 saturated carbocycles. The van der Waals surface area contributed by atoms with E-state index >= 15 is 0 Å². The van der Waals surface area contributed by atoms with Gasteiger partial charge in [0.1, 0.15) is 0 Å². The molecule has 0 radical (unpaired) electrons. The summed E-state index contributed by atoms with van der Waals surface area (Å²) in [5, 5.41) is 2.66. The summed E-state index contributed by atoms with van der Waals surface area (Å²) in [7, 11) is 0. The molecule has 4 heteroatoms. The molecule has 0 atom stereocenters. The van der Waals surface area contributed by atoms with Gasteiger partial charge in [-0.15, -0.1) is 0 Å². The molecule has 0 fully saturated rings. The van der Waals surface area contributed by atoms with E-state index in [1.165, 1.54) is 6.08 Å². The predicted molar refractivity (Wildman–Crippen MR) is 63.5 cm³/mol. The van der Waals surface area contributed by atoms with Crippen LogP contribution in [0.5, 0.6) is 0 Å². The summed E-state index contributed by atoms with van der Waals surface area (Å²) >= 11 is 0. The number of ketones is 1. The monoisotopic (exact) mass is 230 g/mol. The molecule has 0 unspecified atom stereocenters. The van der Waals surface area contributed by atoms with E-state index in [0.29, 0.717) is 13.0 Å². The largest absolute Gasteiger partial charge is 0.347 e. The van der Waals surface area contributed by atoms with Crippen LogP contribution in [0.1, 0.15) is 34.6 Å². The Hall–Kier alpha value is -1.97. The summed E-state index contributed by atoms with van der Waals surface area (Å²) in [6, 6.07) is 3.59. The number of aromatic nitrogens is 1. The van der Waals surface area contributed by atoms with Gasteiger partial charge in [-0.1, -0.05) is 6.58 Å². The molecule has 17 heavy (non-hydrogen) atoms. The second-order valence-electron chi connectivity index (χ2n) is 4.00. The van der Waals surface area contributed by atoms with Crippen LogP contribution < -0.4 is 5.32 Å². The van der Waals surface area contributed by atoms with Crippen molar-refractivity contribution < 1.29 is 9.59 Å². The Kier molecular flexibility index (Phi) is 3.32. The Labute approximate surface area is 99.7 Å². The van der Waals surface area contributed by atoms with Crippen molar-refractivity contribution in [2.75, 3.05) is 0 Å². The van der Waals surface area contributed by atoms with Gasteiger partial charge in [0.15, 0.2) is 5.78 Å². The van der Waals surface area contributed by atoms with E-state index in [0.717, 1.165) is 29.8 Å². The van der Waals surface area contributed by atoms with E-state index < -0.39 is 0 Å². The molecule has 0 saturated heterocycles. The van der Waals surface area contributed by atoms with E-state index in [2.05, 4.69) is 16.9 Å². The molecule has 0 aliphatic heterocycles. The summed E-state index contributed by atoms with van der Waals surface area (Å²) < 4.78 is 0. The van der Waals surface area contributed by atoms with Crippen LogP contribution in [0.25, 0.3) is 0 Å². The van der Waals surface area contributed by atoms with Crippen molar-refractivity contribution in [2.45, 2.75) is 25.8 Å². The first-order valence-corrected chi connectivity index (χ1v) is 5.63. The van der Waals surface area contributed by atoms with Crippen molar-refractivity contribution in [3.63, 3.8) is 0 Å². The summed E-state index contributed by atoms with van der Waals surface area (Å²) in [4.78, 5) is 27.0. The molecule has 1 aromatic heterocycles. The number of amides is 1. The summed E-state index contributed by atoms with van der Waals surface area (Å²) in [5.74, 6) is -0.0546. The maximum absolute atomic E-state index is 11.6. The van der Waals surface area contributed by atoms with Gasteiger partial charge < -0.3 is 5.32 Å². The third kappa shape index (κ3) is 2.58. The second-order valence-corrected chi connectivity index (χ2v) is 4.00. The molecule has 1 heterocycles. The van der Waals surface area contributed by atoms with Crippen LogP contribution in [0, 0.1) is 0 Å². The fourth-order valence-corrected chi connectivity index (χ4v) is 1.89. The van der Waals surface area contributed by atoms with E-state index in [4.69, 9.17) is 0 Å². The van der Waals surface area contributed by atoms with Crippen molar-refractivity contribution in [2.24, 2.45) is 0 Å². The van der Waals surface area contributed by atoms with Gasteiger partial charge in [0, 0.05) is 12.0 Å². The Morgan fingerprint density at radius 2 is 2.29 bits per heavy atom. The molecule has 1 aliphatic carbocycles. The lowest BCUT2D eigenvalue weighted by molar-refractivity contribution is -0.116. The number of carbonyl (C=O) groups is 2. The second kappa shape index (κ2) is 4.91. The molecule has 4 nitrogen and oxygen atoms in total. The lowest BCUT2D eigenvalue weighted by Crippen LogP contribution is -2.22. The van der Waals surface area contributed by atoms with Crippen LogP contribution >= 0.6 is 0 Å². The average Bonchev–Trinajstić information content (AvgIpc) is 2.36. The van der Waals surface area contributed by atoms with E-state index in [9.17, 15) is 9.59 Å². The third-order valence-electron chi connectivity index (χ3n) is 2.78. The Morgan fingerprint density at radius 3 is 3.06 bits per heavy atom. The highest BCUT2D eigenvalue weighted by Gasteiger charge is 2.18. The number of pyridine rings is 1. The van der Waals surface area contributed by atoms with E-state index in [-0.39, 0.29) is 11.7 Å². The van der Waals surface area contributed by atoms with Crippen LogP contribution in [0.15, 0.2) is 24.8 Å². The zero-order chi connectivity index (χ0) is 12.3. The summed E-state index contributed by atoms with van der Waals surface area (Å²) in [6.45, 7) is 3.74. The predicted octanol–water partition coefficient (Wildman–Crippen LogP) is 1.40. The first-order valence-electron chi connectivity index (χ1n) is 5.63. The van der Waals surface area contributed by atoms with Gasteiger partial charge in [0.2, 0.25) is 5.91 Å². The topological polar surface area (TPSA) is 59.1 Å². The lowest BCUT2D eigenvalue weighted by Gasteiger charge is -2.14. The fourth-order valence-electron chi connectivity index (χ4n) is 1.89. The normalized spacial score (nSPS) is 14.0. The Morgan fingerprint density at radius 1 is 1.47 bits per heavy atom. The molecule has 0 bridgehead atoms. The molecule has 2 rings (SSSR count). The molecular weight excluding hydrogens is 216 g/mol. The smallest absolute Gasteiger partial charge is 0.243 e. The van der Waals surface area contributed by atoms with Crippen LogP contribution in [0.2, 0.25) is 0 Å². The molecule has 88 valence electrons. The SMILES string of the molecule is C=CC(=O)NCc1ccc2c(n1)CCCC2=O. The van der Waals surface area contributed by atoms with Gasteiger partial charge >= 0.3 is 0 Å².